The molecule has 0 aliphatic carbocycles. The molecule has 1 aromatic heterocycles. The van der Waals surface area contributed by atoms with Crippen molar-refractivity contribution in [3.8, 4) is 0 Å². The first-order valence-electron chi connectivity index (χ1n) is 5.79. The van der Waals surface area contributed by atoms with E-state index >= 15 is 0 Å². The molecular formula is C14H14ClN3O. The minimum absolute atomic E-state index is 0.224. The third kappa shape index (κ3) is 3.03. The van der Waals surface area contributed by atoms with Gasteiger partial charge in [-0.05, 0) is 23.8 Å². The molecule has 0 fully saturated rings. The zero-order valence-electron chi connectivity index (χ0n) is 10.5. The van der Waals surface area contributed by atoms with Crippen molar-refractivity contribution in [3.05, 3.63) is 58.9 Å². The number of carbonyl (C=O) groups excluding carboxylic acids is 1. The molecule has 5 heteroatoms. The van der Waals surface area contributed by atoms with E-state index in [9.17, 15) is 4.79 Å². The smallest absolute Gasteiger partial charge is 0.274 e. The summed E-state index contributed by atoms with van der Waals surface area (Å²) in [5.41, 5.74) is 7.27. The molecule has 19 heavy (non-hydrogen) atoms. The Morgan fingerprint density at radius 1 is 1.32 bits per heavy atom. The van der Waals surface area contributed by atoms with E-state index in [0.717, 1.165) is 5.56 Å². The fourth-order valence-corrected chi connectivity index (χ4v) is 1.93. The summed E-state index contributed by atoms with van der Waals surface area (Å²) in [7, 11) is 1.69. The predicted octanol–water partition coefficient (Wildman–Crippen LogP) is 2.59. The van der Waals surface area contributed by atoms with Gasteiger partial charge in [-0.25, -0.2) is 4.98 Å². The van der Waals surface area contributed by atoms with Gasteiger partial charge in [0.2, 0.25) is 0 Å². The van der Waals surface area contributed by atoms with Gasteiger partial charge in [0.15, 0.2) is 5.69 Å². The van der Waals surface area contributed by atoms with Gasteiger partial charge in [-0.15, -0.1) is 0 Å². The fourth-order valence-electron chi connectivity index (χ4n) is 1.73. The van der Waals surface area contributed by atoms with Crippen molar-refractivity contribution < 1.29 is 4.79 Å². The summed E-state index contributed by atoms with van der Waals surface area (Å²) >= 11 is 6.07. The van der Waals surface area contributed by atoms with Crippen molar-refractivity contribution >= 4 is 23.2 Å². The van der Waals surface area contributed by atoms with Gasteiger partial charge in [0.05, 0.1) is 5.69 Å². The van der Waals surface area contributed by atoms with Crippen LogP contribution in [0.1, 0.15) is 16.1 Å². The van der Waals surface area contributed by atoms with Crippen LogP contribution < -0.4 is 5.73 Å². The SMILES string of the molecule is CN(Cc1ccccc1Cl)C(=O)c1ncccc1N. The summed E-state index contributed by atoms with van der Waals surface area (Å²) in [6, 6.07) is 10.8. The Balaban J connectivity index is 2.17. The Labute approximate surface area is 116 Å². The highest BCUT2D eigenvalue weighted by Crippen LogP contribution is 2.18. The maximum absolute atomic E-state index is 12.2. The Morgan fingerprint density at radius 3 is 2.74 bits per heavy atom. The summed E-state index contributed by atoms with van der Waals surface area (Å²) in [4.78, 5) is 17.8. The van der Waals surface area contributed by atoms with Crippen LogP contribution in [0.3, 0.4) is 0 Å². The molecule has 0 aliphatic heterocycles. The fraction of sp³-hybridized carbons (Fsp3) is 0.143. The first-order valence-corrected chi connectivity index (χ1v) is 6.16. The Morgan fingerprint density at radius 2 is 2.05 bits per heavy atom. The second kappa shape index (κ2) is 5.71. The van der Waals surface area contributed by atoms with Crippen LogP contribution >= 0.6 is 11.6 Å². The van der Waals surface area contributed by atoms with Crippen LogP contribution in [0.15, 0.2) is 42.6 Å². The Kier molecular flexibility index (Phi) is 4.02. The number of anilines is 1. The molecule has 2 rings (SSSR count). The summed E-state index contributed by atoms with van der Waals surface area (Å²) < 4.78 is 0. The van der Waals surface area contributed by atoms with Gasteiger partial charge < -0.3 is 10.6 Å². The summed E-state index contributed by atoms with van der Waals surface area (Å²) in [5, 5.41) is 0.635. The molecule has 2 N–H and O–H groups in total. The van der Waals surface area contributed by atoms with Crippen molar-refractivity contribution in [1.82, 2.24) is 9.88 Å². The van der Waals surface area contributed by atoms with Gasteiger partial charge >= 0.3 is 0 Å². The van der Waals surface area contributed by atoms with E-state index < -0.39 is 0 Å². The van der Waals surface area contributed by atoms with Crippen molar-refractivity contribution in [1.29, 1.82) is 0 Å². The first-order chi connectivity index (χ1) is 9.09. The van der Waals surface area contributed by atoms with Crippen molar-refractivity contribution in [2.75, 3.05) is 12.8 Å². The number of aromatic nitrogens is 1. The number of benzene rings is 1. The number of halogens is 1. The molecule has 0 spiro atoms. The lowest BCUT2D eigenvalue weighted by atomic mass is 10.2. The number of amides is 1. The number of nitrogen functional groups attached to an aromatic ring is 1. The van der Waals surface area contributed by atoms with E-state index in [1.54, 1.807) is 36.3 Å². The van der Waals surface area contributed by atoms with Crippen LogP contribution in [0.2, 0.25) is 5.02 Å². The average Bonchev–Trinajstić information content (AvgIpc) is 2.41. The zero-order valence-corrected chi connectivity index (χ0v) is 11.3. The molecule has 0 aliphatic rings. The summed E-state index contributed by atoms with van der Waals surface area (Å²) in [5.74, 6) is -0.224. The highest BCUT2D eigenvalue weighted by atomic mass is 35.5. The third-order valence-electron chi connectivity index (χ3n) is 2.75. The van der Waals surface area contributed by atoms with Gasteiger partial charge in [-0.3, -0.25) is 4.79 Å². The second-order valence-corrected chi connectivity index (χ2v) is 4.60. The molecule has 0 unspecified atom stereocenters. The lowest BCUT2D eigenvalue weighted by Gasteiger charge is -2.18. The highest BCUT2D eigenvalue weighted by Gasteiger charge is 2.16. The minimum Gasteiger partial charge on any atom is -0.397 e. The van der Waals surface area contributed by atoms with E-state index in [4.69, 9.17) is 17.3 Å². The van der Waals surface area contributed by atoms with E-state index in [2.05, 4.69) is 4.98 Å². The van der Waals surface area contributed by atoms with Crippen molar-refractivity contribution in [2.24, 2.45) is 0 Å². The molecule has 1 aromatic carbocycles. The quantitative estimate of drug-likeness (QED) is 0.937. The lowest BCUT2D eigenvalue weighted by Crippen LogP contribution is -2.27. The number of pyridine rings is 1. The average molecular weight is 276 g/mol. The van der Waals surface area contributed by atoms with Crippen molar-refractivity contribution in [2.45, 2.75) is 6.54 Å². The molecular weight excluding hydrogens is 262 g/mol. The summed E-state index contributed by atoms with van der Waals surface area (Å²) in [6.07, 6.45) is 1.55. The normalized spacial score (nSPS) is 10.2. The topological polar surface area (TPSA) is 59.2 Å². The molecule has 1 amide bonds. The minimum atomic E-state index is -0.224. The Bertz CT molecular complexity index is 601. The standard InChI is InChI=1S/C14H14ClN3O/c1-18(9-10-5-2-3-6-11(10)15)14(19)13-12(16)7-4-8-17-13/h2-8H,9,16H2,1H3. The van der Waals surface area contributed by atoms with Gasteiger partial charge in [-0.2, -0.15) is 0 Å². The van der Waals surface area contributed by atoms with Crippen LogP contribution in [0, 0.1) is 0 Å². The van der Waals surface area contributed by atoms with Crippen molar-refractivity contribution in [3.63, 3.8) is 0 Å². The third-order valence-corrected chi connectivity index (χ3v) is 3.12. The van der Waals surface area contributed by atoms with Crippen LogP contribution in [0.25, 0.3) is 0 Å². The van der Waals surface area contributed by atoms with Gasteiger partial charge in [0.25, 0.3) is 5.91 Å². The van der Waals surface area contributed by atoms with E-state index in [-0.39, 0.29) is 11.6 Å². The first kappa shape index (κ1) is 13.4. The molecule has 2 aromatic rings. The number of carbonyl (C=O) groups is 1. The van der Waals surface area contributed by atoms with Crippen LogP contribution in [-0.2, 0) is 6.54 Å². The number of nitrogens with zero attached hydrogens (tertiary/aromatic N) is 2. The van der Waals surface area contributed by atoms with E-state index in [0.29, 0.717) is 17.3 Å². The number of rotatable bonds is 3. The van der Waals surface area contributed by atoms with Gasteiger partial charge in [-0.1, -0.05) is 29.8 Å². The van der Waals surface area contributed by atoms with E-state index in [1.807, 2.05) is 18.2 Å². The molecule has 0 bridgehead atoms. The van der Waals surface area contributed by atoms with Gasteiger partial charge in [0.1, 0.15) is 0 Å². The van der Waals surface area contributed by atoms with Crippen LogP contribution in [-0.4, -0.2) is 22.8 Å². The molecule has 4 nitrogen and oxygen atoms in total. The molecule has 0 saturated heterocycles. The molecule has 1 heterocycles. The lowest BCUT2D eigenvalue weighted by molar-refractivity contribution is 0.0780. The predicted molar refractivity (Wildman–Crippen MR) is 75.9 cm³/mol. The Hall–Kier alpha value is -2.07. The zero-order chi connectivity index (χ0) is 13.8. The molecule has 0 atom stereocenters. The van der Waals surface area contributed by atoms with E-state index in [1.165, 1.54) is 0 Å². The monoisotopic (exact) mass is 275 g/mol. The molecule has 0 radical (unpaired) electrons. The summed E-state index contributed by atoms with van der Waals surface area (Å²) in [6.45, 7) is 0.411. The van der Waals surface area contributed by atoms with Crippen LogP contribution in [0.4, 0.5) is 5.69 Å². The molecule has 0 saturated carbocycles. The largest absolute Gasteiger partial charge is 0.397 e. The second-order valence-electron chi connectivity index (χ2n) is 4.19. The van der Waals surface area contributed by atoms with Gasteiger partial charge in [0, 0.05) is 24.8 Å². The maximum Gasteiger partial charge on any atom is 0.274 e. The highest BCUT2D eigenvalue weighted by molar-refractivity contribution is 6.31. The number of hydrogen-bond donors (Lipinski definition) is 1. The number of hydrogen-bond acceptors (Lipinski definition) is 3. The van der Waals surface area contributed by atoms with Crippen LogP contribution in [0.5, 0.6) is 0 Å². The number of nitrogens with two attached hydrogens (primary N) is 1. The maximum atomic E-state index is 12.2. The molecule has 98 valence electrons.